The molecule has 0 radical (unpaired) electrons. The molecule has 0 amide bonds. The molecule has 0 aromatic carbocycles. The van der Waals surface area contributed by atoms with Crippen LogP contribution < -0.4 is 21.0 Å². The lowest BCUT2D eigenvalue weighted by atomic mass is 9.83. The van der Waals surface area contributed by atoms with Crippen LogP contribution in [0.5, 0.6) is 0 Å². The topological polar surface area (TPSA) is 108 Å². The molecule has 2 bridgehead atoms. The molecule has 0 unspecified atom stereocenters. The Kier molecular flexibility index (Phi) is 2.97. The number of anilines is 1. The third-order valence-electron chi connectivity index (χ3n) is 4.71. The summed E-state index contributed by atoms with van der Waals surface area (Å²) in [6, 6.07) is 5.39. The van der Waals surface area contributed by atoms with Crippen LogP contribution in [0.15, 0.2) is 23.0 Å². The zero-order valence-electron chi connectivity index (χ0n) is 12.7. The summed E-state index contributed by atoms with van der Waals surface area (Å²) in [4.78, 5) is 17.7. The number of aryl methyl sites for hydroxylation is 1. The maximum atomic E-state index is 12.0. The van der Waals surface area contributed by atoms with Crippen molar-refractivity contribution in [2.24, 2.45) is 13.0 Å². The molecule has 2 aliphatic rings. The first kappa shape index (κ1) is 13.9. The Bertz CT molecular complexity index is 875. The highest BCUT2D eigenvalue weighted by atomic mass is 16.8. The van der Waals surface area contributed by atoms with Crippen LogP contribution in [-0.2, 0) is 13.6 Å². The molecule has 9 heteroatoms. The van der Waals surface area contributed by atoms with Gasteiger partial charge in [0.15, 0.2) is 0 Å². The molecule has 2 aromatic rings. The summed E-state index contributed by atoms with van der Waals surface area (Å²) < 4.78 is 3.44. The van der Waals surface area contributed by atoms with Crippen LogP contribution in [0.1, 0.15) is 18.0 Å². The highest BCUT2D eigenvalue weighted by Gasteiger charge is 2.36. The van der Waals surface area contributed by atoms with E-state index in [1.807, 2.05) is 10.6 Å². The van der Waals surface area contributed by atoms with Crippen LogP contribution in [0.2, 0.25) is 0 Å². The molecule has 9 nitrogen and oxygen atoms in total. The van der Waals surface area contributed by atoms with Crippen molar-refractivity contribution in [1.29, 1.82) is 0 Å². The molecule has 1 N–H and O–H groups in total. The number of aromatic amines is 1. The van der Waals surface area contributed by atoms with E-state index in [1.165, 1.54) is 0 Å². The fourth-order valence-corrected chi connectivity index (χ4v) is 3.82. The summed E-state index contributed by atoms with van der Waals surface area (Å²) in [5.41, 5.74) is 0.840. The van der Waals surface area contributed by atoms with Gasteiger partial charge in [0.05, 0.1) is 0 Å². The highest BCUT2D eigenvalue weighted by molar-refractivity contribution is 5.33. The maximum Gasteiger partial charge on any atom is 0.413 e. The van der Waals surface area contributed by atoms with Gasteiger partial charge in [0, 0.05) is 44.4 Å². The number of hydrogen-bond acceptors (Lipinski definition) is 5. The van der Waals surface area contributed by atoms with Gasteiger partial charge in [-0.2, -0.15) is 9.78 Å². The van der Waals surface area contributed by atoms with E-state index in [-0.39, 0.29) is 17.1 Å². The minimum atomic E-state index is -0.525. The predicted molar refractivity (Wildman–Crippen MR) is 83.3 cm³/mol. The SMILES string of the molecule is Cn1[nH]c(=[N+]([O-])[O-])nc1N1C[C@H]2C[C@@H](C1)c1cccc(=O)n1C2. The number of H-pyrrole nitrogens is 1. The second-order valence-electron chi connectivity index (χ2n) is 6.27. The largest absolute Gasteiger partial charge is 0.744 e. The Morgan fingerprint density at radius 1 is 1.30 bits per heavy atom. The number of aromatic nitrogens is 4. The molecule has 1 saturated heterocycles. The van der Waals surface area contributed by atoms with Crippen molar-refractivity contribution < 1.29 is 0 Å². The summed E-state index contributed by atoms with van der Waals surface area (Å²) in [5, 5.41) is 24.4. The van der Waals surface area contributed by atoms with Gasteiger partial charge in [-0.3, -0.25) is 9.70 Å². The van der Waals surface area contributed by atoms with E-state index in [0.717, 1.165) is 18.7 Å². The molecule has 0 spiro atoms. The van der Waals surface area contributed by atoms with E-state index in [0.29, 0.717) is 25.0 Å². The lowest BCUT2D eigenvalue weighted by Crippen LogP contribution is -2.47. The molecular formula is C14H17N6O3-. The van der Waals surface area contributed by atoms with Gasteiger partial charge < -0.3 is 19.9 Å². The number of fused-ring (bicyclic) bond motifs is 4. The number of nitrogens with one attached hydrogen (secondary N) is 1. The van der Waals surface area contributed by atoms with E-state index in [2.05, 4.69) is 15.0 Å². The average molecular weight is 317 g/mol. The Labute approximate surface area is 131 Å². The fourth-order valence-electron chi connectivity index (χ4n) is 3.82. The second-order valence-corrected chi connectivity index (χ2v) is 6.27. The first-order chi connectivity index (χ1) is 11.0. The molecule has 4 heterocycles. The van der Waals surface area contributed by atoms with Crippen molar-refractivity contribution in [3.05, 3.63) is 50.3 Å². The Morgan fingerprint density at radius 2 is 2.13 bits per heavy atom. The Balaban J connectivity index is 1.72. The number of hydrogen-bond donors (Lipinski definition) is 1. The summed E-state index contributed by atoms with van der Waals surface area (Å²) in [7, 11) is 1.72. The Morgan fingerprint density at radius 3 is 2.87 bits per heavy atom. The van der Waals surface area contributed by atoms with Crippen LogP contribution in [0.4, 0.5) is 5.95 Å². The minimum absolute atomic E-state index is 0.0478. The summed E-state index contributed by atoms with van der Waals surface area (Å²) >= 11 is 0. The molecule has 0 saturated carbocycles. The van der Waals surface area contributed by atoms with Crippen LogP contribution in [0, 0.1) is 16.3 Å². The molecule has 1 fully saturated rings. The molecule has 122 valence electrons. The Hall–Kier alpha value is -2.71. The van der Waals surface area contributed by atoms with E-state index in [4.69, 9.17) is 0 Å². The summed E-state index contributed by atoms with van der Waals surface area (Å²) in [6.07, 6.45) is 1.04. The van der Waals surface area contributed by atoms with Crippen molar-refractivity contribution in [1.82, 2.24) is 24.2 Å². The lowest BCUT2D eigenvalue weighted by Gasteiger charge is -2.42. The van der Waals surface area contributed by atoms with Crippen molar-refractivity contribution in [2.75, 3.05) is 18.0 Å². The van der Waals surface area contributed by atoms with Gasteiger partial charge in [-0.1, -0.05) is 6.07 Å². The van der Waals surface area contributed by atoms with Crippen molar-refractivity contribution in [3.8, 4) is 0 Å². The minimum Gasteiger partial charge on any atom is -0.744 e. The number of rotatable bonds is 1. The van der Waals surface area contributed by atoms with Crippen LogP contribution in [-0.4, -0.2) is 32.4 Å². The first-order valence-corrected chi connectivity index (χ1v) is 7.58. The zero-order chi connectivity index (χ0) is 16.1. The molecule has 2 atom stereocenters. The van der Waals surface area contributed by atoms with Crippen LogP contribution in [0.3, 0.4) is 0 Å². The van der Waals surface area contributed by atoms with E-state index in [1.54, 1.807) is 23.9 Å². The third-order valence-corrected chi connectivity index (χ3v) is 4.71. The van der Waals surface area contributed by atoms with Crippen molar-refractivity contribution in [3.63, 3.8) is 0 Å². The predicted octanol–water partition coefficient (Wildman–Crippen LogP) is -0.699. The molecule has 23 heavy (non-hydrogen) atoms. The van der Waals surface area contributed by atoms with Crippen molar-refractivity contribution in [2.45, 2.75) is 18.9 Å². The van der Waals surface area contributed by atoms with E-state index >= 15 is 0 Å². The molecular weight excluding hydrogens is 300 g/mol. The number of piperidine rings is 1. The monoisotopic (exact) mass is 317 g/mol. The molecule has 0 aliphatic carbocycles. The van der Waals surface area contributed by atoms with Gasteiger partial charge in [-0.05, 0) is 23.4 Å². The van der Waals surface area contributed by atoms with Gasteiger partial charge >= 0.3 is 11.6 Å². The summed E-state index contributed by atoms with van der Waals surface area (Å²) in [6.45, 7) is 2.14. The highest BCUT2D eigenvalue weighted by Crippen LogP contribution is 2.35. The molecule has 2 aliphatic heterocycles. The quantitative estimate of drug-likeness (QED) is 0.700. The lowest BCUT2D eigenvalue weighted by molar-refractivity contribution is 0.278. The van der Waals surface area contributed by atoms with Crippen LogP contribution >= 0.6 is 0 Å². The first-order valence-electron chi connectivity index (χ1n) is 7.58. The van der Waals surface area contributed by atoms with Gasteiger partial charge in [0.25, 0.3) is 5.56 Å². The zero-order valence-corrected chi connectivity index (χ0v) is 12.7. The molecule has 2 aromatic heterocycles. The van der Waals surface area contributed by atoms with E-state index in [9.17, 15) is 15.2 Å². The number of nitrogens with zero attached hydrogens (tertiary/aromatic N) is 5. The van der Waals surface area contributed by atoms with Gasteiger partial charge in [0.1, 0.15) is 0 Å². The average Bonchev–Trinajstić information content (AvgIpc) is 2.90. The maximum absolute atomic E-state index is 12.0. The smallest absolute Gasteiger partial charge is 0.413 e. The standard InChI is InChI=1S/C14H17N6O3/c1-17-14(15-13(16-17)20(22)23)18-6-9-5-10(8-18)11-3-2-4-12(21)19(11)7-9/h2-4,9-10,16H,5-8H2,1H3/q-1/t9-,10+/m1/s1. The van der Waals surface area contributed by atoms with Gasteiger partial charge in [-0.25, -0.2) is 0 Å². The van der Waals surface area contributed by atoms with Gasteiger partial charge in [-0.15, -0.1) is 0 Å². The van der Waals surface area contributed by atoms with Crippen molar-refractivity contribution >= 4 is 5.95 Å². The van der Waals surface area contributed by atoms with Crippen LogP contribution in [0.25, 0.3) is 0 Å². The second kappa shape index (κ2) is 4.90. The number of pyridine rings is 1. The third kappa shape index (κ3) is 2.19. The normalized spacial score (nSPS) is 22.7. The summed E-state index contributed by atoms with van der Waals surface area (Å²) in [5.74, 6) is 1.15. The molecule has 4 rings (SSSR count). The fraction of sp³-hybridized carbons (Fsp3) is 0.500. The van der Waals surface area contributed by atoms with Gasteiger partial charge in [0.2, 0.25) is 0 Å². The van der Waals surface area contributed by atoms with E-state index < -0.39 is 4.90 Å².